The van der Waals surface area contributed by atoms with Crippen LogP contribution in [0, 0.1) is 35.5 Å². The Morgan fingerprint density at radius 1 is 0.722 bits per heavy atom. The summed E-state index contributed by atoms with van der Waals surface area (Å²) in [5.74, 6) is 2.11. The quantitative estimate of drug-likeness (QED) is 0.0355. The van der Waals surface area contributed by atoms with E-state index in [4.69, 9.17) is 13.9 Å². The Balaban J connectivity index is 2.00. The zero-order valence-corrected chi connectivity index (χ0v) is 38.1. The predicted octanol–water partition coefficient (Wildman–Crippen LogP) is 12.0. The van der Waals surface area contributed by atoms with Crippen molar-refractivity contribution in [3.63, 3.8) is 0 Å². The second-order valence-corrected chi connectivity index (χ2v) is 26.5. The third-order valence-electron chi connectivity index (χ3n) is 12.6. The first-order valence-corrected chi connectivity index (χ1v) is 25.5. The second-order valence-electron chi connectivity index (χ2n) is 17.8. The number of hydrogen-bond acceptors (Lipinski definition) is 3. The SMILES string of the molecule is C=C/C=C\C(C)[C@H](C)[C@@H](C)[C@H](O[Si](C)(C)C(C)(C)C)[C@@H](C)C/C(C)=C\[C@H](C)[C@@H](OCOC)C(C)C[PH](c1ccccc1)(c1ccccc1)c1ccccc1. The number of ether oxygens (including phenoxy) is 2. The summed E-state index contributed by atoms with van der Waals surface area (Å²) >= 11 is 0. The van der Waals surface area contributed by atoms with Gasteiger partial charge in [0.05, 0.1) is 0 Å². The van der Waals surface area contributed by atoms with Crippen molar-refractivity contribution < 1.29 is 13.9 Å². The molecule has 5 heteroatoms. The van der Waals surface area contributed by atoms with Gasteiger partial charge in [-0.2, -0.15) is 0 Å². The number of methoxy groups -OCH3 is 1. The number of benzene rings is 3. The molecule has 0 amide bonds. The average molecular weight is 771 g/mol. The van der Waals surface area contributed by atoms with Gasteiger partial charge in [0.15, 0.2) is 0 Å². The van der Waals surface area contributed by atoms with Gasteiger partial charge in [0.25, 0.3) is 0 Å². The molecule has 2 unspecified atom stereocenters. The monoisotopic (exact) mass is 771 g/mol. The molecule has 0 aliphatic heterocycles. The summed E-state index contributed by atoms with van der Waals surface area (Å²) in [7, 11) is -2.75. The topological polar surface area (TPSA) is 27.7 Å². The van der Waals surface area contributed by atoms with E-state index >= 15 is 0 Å². The van der Waals surface area contributed by atoms with Gasteiger partial charge in [-0.3, -0.25) is 0 Å². The van der Waals surface area contributed by atoms with Crippen molar-refractivity contribution >= 4 is 31.5 Å². The van der Waals surface area contributed by atoms with Gasteiger partial charge in [0.2, 0.25) is 0 Å². The van der Waals surface area contributed by atoms with E-state index in [1.54, 1.807) is 7.11 Å². The molecule has 3 aromatic rings. The van der Waals surface area contributed by atoms with E-state index in [1.165, 1.54) is 21.5 Å². The molecule has 8 atom stereocenters. The first-order valence-electron chi connectivity index (χ1n) is 20.4. The van der Waals surface area contributed by atoms with Crippen LogP contribution in [0.1, 0.15) is 75.7 Å². The first kappa shape index (κ1) is 45.8. The number of allylic oxidation sites excluding steroid dienone is 4. The van der Waals surface area contributed by atoms with E-state index < -0.39 is 15.6 Å². The van der Waals surface area contributed by atoms with Crippen molar-refractivity contribution in [1.82, 2.24) is 0 Å². The maximum atomic E-state index is 7.36. The normalized spacial score (nSPS) is 18.0. The van der Waals surface area contributed by atoms with Crippen molar-refractivity contribution in [3.8, 4) is 0 Å². The van der Waals surface area contributed by atoms with Gasteiger partial charge in [-0.15, -0.1) is 0 Å². The first-order chi connectivity index (χ1) is 25.5. The zero-order chi connectivity index (χ0) is 40.1. The van der Waals surface area contributed by atoms with Gasteiger partial charge in [0.1, 0.15) is 0 Å². The van der Waals surface area contributed by atoms with Gasteiger partial charge >= 0.3 is 282 Å². The van der Waals surface area contributed by atoms with Crippen LogP contribution < -0.4 is 15.9 Å². The summed E-state index contributed by atoms with van der Waals surface area (Å²) < 4.78 is 19.6. The Morgan fingerprint density at radius 2 is 1.20 bits per heavy atom. The van der Waals surface area contributed by atoms with Crippen LogP contribution >= 0.6 is 7.26 Å². The molecule has 298 valence electrons. The van der Waals surface area contributed by atoms with Crippen LogP contribution in [-0.2, 0) is 13.9 Å². The second kappa shape index (κ2) is 21.1. The fraction of sp³-hybridized carbons (Fsp3) is 0.510. The Kier molecular flexibility index (Phi) is 17.9. The van der Waals surface area contributed by atoms with Crippen LogP contribution in [-0.4, -0.2) is 40.6 Å². The predicted molar refractivity (Wildman–Crippen MR) is 243 cm³/mol. The summed E-state index contributed by atoms with van der Waals surface area (Å²) in [5, 5.41) is 4.43. The minimum absolute atomic E-state index is 0.0195. The van der Waals surface area contributed by atoms with Crippen LogP contribution in [0.5, 0.6) is 0 Å². The summed E-state index contributed by atoms with van der Waals surface area (Å²) in [5.41, 5.74) is 1.40. The molecule has 0 fully saturated rings. The van der Waals surface area contributed by atoms with E-state index in [0.29, 0.717) is 23.7 Å². The molecule has 0 N–H and O–H groups in total. The molecular weight excluding hydrogens is 696 g/mol. The molecule has 3 aromatic carbocycles. The van der Waals surface area contributed by atoms with Gasteiger partial charge in [-0.1, -0.05) is 52.5 Å². The average Bonchev–Trinajstić information content (AvgIpc) is 3.15. The van der Waals surface area contributed by atoms with Crippen molar-refractivity contribution in [2.24, 2.45) is 35.5 Å². The summed E-state index contributed by atoms with van der Waals surface area (Å²) in [4.78, 5) is 0. The third-order valence-corrected chi connectivity index (χ3v) is 22.3. The minimum atomic E-state index is -2.46. The zero-order valence-electron chi connectivity index (χ0n) is 36.1. The van der Waals surface area contributed by atoms with E-state index in [0.717, 1.165) is 12.6 Å². The Labute approximate surface area is 333 Å². The molecule has 0 heterocycles. The molecule has 3 nitrogen and oxygen atoms in total. The molecule has 3 rings (SSSR count). The molecular formula is C49H75O3PSi. The van der Waals surface area contributed by atoms with Crippen LogP contribution in [0.15, 0.2) is 127 Å². The molecule has 0 spiro atoms. The van der Waals surface area contributed by atoms with E-state index in [2.05, 4.69) is 198 Å². The van der Waals surface area contributed by atoms with E-state index in [9.17, 15) is 0 Å². The Hall–Kier alpha value is -2.59. The van der Waals surface area contributed by atoms with Gasteiger partial charge < -0.3 is 0 Å². The number of hydrogen-bond donors (Lipinski definition) is 0. The van der Waals surface area contributed by atoms with Crippen molar-refractivity contribution in [2.75, 3.05) is 20.1 Å². The van der Waals surface area contributed by atoms with E-state index in [-0.39, 0.29) is 35.9 Å². The molecule has 0 aliphatic rings. The molecule has 54 heavy (non-hydrogen) atoms. The summed E-state index contributed by atoms with van der Waals surface area (Å²) in [6.45, 7) is 32.6. The molecule has 0 aromatic heterocycles. The number of rotatable bonds is 21. The fourth-order valence-corrected chi connectivity index (χ4v) is 15.0. The van der Waals surface area contributed by atoms with Crippen molar-refractivity contribution in [1.29, 1.82) is 0 Å². The van der Waals surface area contributed by atoms with Crippen LogP contribution in [0.25, 0.3) is 0 Å². The van der Waals surface area contributed by atoms with Crippen LogP contribution in [0.2, 0.25) is 18.1 Å². The maximum absolute atomic E-state index is 7.36. The Bertz CT molecular complexity index is 1480. The van der Waals surface area contributed by atoms with Gasteiger partial charge in [-0.25, -0.2) is 0 Å². The van der Waals surface area contributed by atoms with Gasteiger partial charge in [-0.05, 0) is 0 Å². The van der Waals surface area contributed by atoms with E-state index in [1.807, 2.05) is 6.08 Å². The molecule has 0 saturated carbocycles. The van der Waals surface area contributed by atoms with Gasteiger partial charge in [0, 0.05) is 0 Å². The molecule has 0 aliphatic carbocycles. The van der Waals surface area contributed by atoms with Crippen LogP contribution in [0.3, 0.4) is 0 Å². The standard InChI is InChI=1S/C49H75O3PSi/c1-15-16-26-38(3)42(7)43(8)48(52-54(13,14)49(9,10)11)40(5)34-37(2)33-39(4)47(51-36-50-12)41(6)35-53(44-27-20-17-21-28-44,45-29-22-18-23-30-45)46-31-24-19-25-32-46/h15-33,38-43,47-48,53H,1,34-36H2,2-14H3/b26-16-,37-33-/t38?,39-,40-,41?,42-,43+,47+,48+/m0/s1. The third kappa shape index (κ3) is 12.0. The summed E-state index contributed by atoms with van der Waals surface area (Å²) in [6, 6.07) is 33.7. The molecule has 0 bridgehead atoms. The molecule has 0 saturated heterocycles. The van der Waals surface area contributed by atoms with Crippen molar-refractivity contribution in [2.45, 2.75) is 106 Å². The molecule has 0 radical (unpaired) electrons. The fourth-order valence-electron chi connectivity index (χ4n) is 8.30. The summed E-state index contributed by atoms with van der Waals surface area (Å²) in [6.07, 6.45) is 10.9. The Morgan fingerprint density at radius 3 is 1.63 bits per heavy atom. The van der Waals surface area contributed by atoms with Crippen molar-refractivity contribution in [3.05, 3.63) is 127 Å². The van der Waals surface area contributed by atoms with Crippen LogP contribution in [0.4, 0.5) is 0 Å².